The molecule has 0 aliphatic heterocycles. The van der Waals surface area contributed by atoms with Crippen molar-refractivity contribution in [1.29, 1.82) is 0 Å². The van der Waals surface area contributed by atoms with Gasteiger partial charge in [0.2, 0.25) is 0 Å². The highest BCUT2D eigenvalue weighted by molar-refractivity contribution is 9.10. The third-order valence-electron chi connectivity index (χ3n) is 2.94. The van der Waals surface area contributed by atoms with E-state index in [0.29, 0.717) is 0 Å². The molecule has 0 spiro atoms. The van der Waals surface area contributed by atoms with Gasteiger partial charge in [-0.3, -0.25) is 16.0 Å². The first-order valence-electron chi connectivity index (χ1n) is 5.61. The second kappa shape index (κ2) is 5.77. The van der Waals surface area contributed by atoms with Gasteiger partial charge in [-0.15, -0.1) is 0 Å². The lowest BCUT2D eigenvalue weighted by molar-refractivity contribution is 0.475. The van der Waals surface area contributed by atoms with Gasteiger partial charge in [-0.2, -0.15) is 5.10 Å². The van der Waals surface area contributed by atoms with Crippen molar-refractivity contribution in [3.05, 3.63) is 51.8 Å². The third kappa shape index (κ3) is 2.83. The molecule has 4 nitrogen and oxygen atoms in total. The maximum Gasteiger partial charge on any atom is 0.129 e. The van der Waals surface area contributed by atoms with E-state index in [-0.39, 0.29) is 12.0 Å². The lowest BCUT2D eigenvalue weighted by Crippen LogP contribution is -2.31. The van der Waals surface area contributed by atoms with Crippen molar-refractivity contribution in [1.82, 2.24) is 15.2 Å². The van der Waals surface area contributed by atoms with Crippen LogP contribution < -0.4 is 11.3 Å². The summed E-state index contributed by atoms with van der Waals surface area (Å²) in [6.45, 7) is 0. The van der Waals surface area contributed by atoms with Crippen LogP contribution in [0.5, 0.6) is 0 Å². The largest absolute Gasteiger partial charge is 0.271 e. The first-order chi connectivity index (χ1) is 9.04. The minimum absolute atomic E-state index is 0.00134. The standard InChI is InChI=1S/C12H13BrF2N4/c1-19-12(8(13)6-17-19)11(18-16)5-7-9(14)3-2-4-10(7)15/h2-4,6,11,18H,5,16H2,1H3. The molecule has 0 radical (unpaired) electrons. The van der Waals surface area contributed by atoms with Crippen LogP contribution in [0.15, 0.2) is 28.9 Å². The zero-order valence-corrected chi connectivity index (χ0v) is 11.8. The Hall–Kier alpha value is -1.31. The highest BCUT2D eigenvalue weighted by atomic mass is 79.9. The fraction of sp³-hybridized carbons (Fsp3) is 0.250. The molecule has 102 valence electrons. The minimum atomic E-state index is -0.585. The summed E-state index contributed by atoms with van der Waals surface area (Å²) in [4.78, 5) is 0. The Morgan fingerprint density at radius 2 is 2.05 bits per heavy atom. The van der Waals surface area contributed by atoms with Crippen LogP contribution in [-0.2, 0) is 13.5 Å². The smallest absolute Gasteiger partial charge is 0.129 e. The van der Waals surface area contributed by atoms with Gasteiger partial charge in [-0.05, 0) is 28.1 Å². The number of benzene rings is 1. The summed E-state index contributed by atoms with van der Waals surface area (Å²) in [5.41, 5.74) is 3.29. The van der Waals surface area contributed by atoms with E-state index >= 15 is 0 Å². The molecule has 1 aromatic carbocycles. The van der Waals surface area contributed by atoms with E-state index in [9.17, 15) is 8.78 Å². The van der Waals surface area contributed by atoms with Crippen LogP contribution in [0.3, 0.4) is 0 Å². The van der Waals surface area contributed by atoms with E-state index < -0.39 is 17.7 Å². The number of hydrazine groups is 1. The summed E-state index contributed by atoms with van der Waals surface area (Å²) in [6, 6.07) is 3.33. The quantitative estimate of drug-likeness (QED) is 0.667. The first-order valence-corrected chi connectivity index (χ1v) is 6.40. The molecule has 19 heavy (non-hydrogen) atoms. The van der Waals surface area contributed by atoms with Gasteiger partial charge in [0.25, 0.3) is 0 Å². The number of aryl methyl sites for hydroxylation is 1. The number of hydrogen-bond donors (Lipinski definition) is 2. The normalized spacial score (nSPS) is 12.7. The zero-order chi connectivity index (χ0) is 14.0. The van der Waals surface area contributed by atoms with Crippen molar-refractivity contribution in [3.8, 4) is 0 Å². The first kappa shape index (κ1) is 14.1. The minimum Gasteiger partial charge on any atom is -0.271 e. The molecule has 3 N–H and O–H groups in total. The molecule has 2 rings (SSSR count). The van der Waals surface area contributed by atoms with Crippen LogP contribution in [0.1, 0.15) is 17.3 Å². The van der Waals surface area contributed by atoms with Gasteiger partial charge in [0.05, 0.1) is 22.4 Å². The van der Waals surface area contributed by atoms with Gasteiger partial charge in [0.15, 0.2) is 0 Å². The number of nitrogens with zero attached hydrogens (tertiary/aromatic N) is 2. The Bertz CT molecular complexity index is 545. The highest BCUT2D eigenvalue weighted by Crippen LogP contribution is 2.26. The second-order valence-electron chi connectivity index (χ2n) is 4.12. The van der Waals surface area contributed by atoms with Crippen LogP contribution in [0.2, 0.25) is 0 Å². The Morgan fingerprint density at radius 1 is 1.42 bits per heavy atom. The van der Waals surface area contributed by atoms with Crippen LogP contribution in [0.4, 0.5) is 8.78 Å². The Kier molecular flexibility index (Phi) is 4.28. The Morgan fingerprint density at radius 3 is 2.53 bits per heavy atom. The van der Waals surface area contributed by atoms with Gasteiger partial charge in [-0.25, -0.2) is 8.78 Å². The topological polar surface area (TPSA) is 55.9 Å². The van der Waals surface area contributed by atoms with E-state index in [1.807, 2.05) is 0 Å². The summed E-state index contributed by atoms with van der Waals surface area (Å²) in [5.74, 6) is 4.32. The van der Waals surface area contributed by atoms with Crippen LogP contribution in [0, 0.1) is 11.6 Å². The molecule has 0 aliphatic rings. The van der Waals surface area contributed by atoms with Gasteiger partial charge in [0, 0.05) is 19.0 Å². The fourth-order valence-electron chi connectivity index (χ4n) is 1.98. The van der Waals surface area contributed by atoms with Crippen molar-refractivity contribution in [2.75, 3.05) is 0 Å². The summed E-state index contributed by atoms with van der Waals surface area (Å²) in [6.07, 6.45) is 1.70. The van der Waals surface area contributed by atoms with Crippen LogP contribution in [-0.4, -0.2) is 9.78 Å². The molecule has 2 aromatic rings. The molecular formula is C12H13BrF2N4. The molecule has 0 saturated heterocycles. The van der Waals surface area contributed by atoms with Crippen molar-refractivity contribution in [2.45, 2.75) is 12.5 Å². The molecule has 7 heteroatoms. The fourth-order valence-corrected chi connectivity index (χ4v) is 2.60. The summed E-state index contributed by atoms with van der Waals surface area (Å²) < 4.78 is 29.6. The van der Waals surface area contributed by atoms with Crippen molar-refractivity contribution in [2.24, 2.45) is 12.9 Å². The second-order valence-corrected chi connectivity index (χ2v) is 4.98. The predicted molar refractivity (Wildman–Crippen MR) is 71.0 cm³/mol. The number of aromatic nitrogens is 2. The van der Waals surface area contributed by atoms with Crippen LogP contribution in [0.25, 0.3) is 0 Å². The molecule has 1 atom stereocenters. The Balaban J connectivity index is 2.35. The maximum absolute atomic E-state index is 13.6. The third-order valence-corrected chi connectivity index (χ3v) is 3.55. The molecule has 0 saturated carbocycles. The Labute approximate surface area is 117 Å². The van der Waals surface area contributed by atoms with Crippen molar-refractivity contribution in [3.63, 3.8) is 0 Å². The van der Waals surface area contributed by atoms with E-state index in [1.165, 1.54) is 18.2 Å². The average Bonchev–Trinajstić information content (AvgIpc) is 2.70. The highest BCUT2D eigenvalue weighted by Gasteiger charge is 2.21. The predicted octanol–water partition coefficient (Wildman–Crippen LogP) is 2.21. The lowest BCUT2D eigenvalue weighted by atomic mass is 10.0. The molecule has 0 aliphatic carbocycles. The number of halogens is 3. The van der Waals surface area contributed by atoms with Crippen LogP contribution >= 0.6 is 15.9 Å². The van der Waals surface area contributed by atoms with Gasteiger partial charge in [0.1, 0.15) is 11.6 Å². The molecule has 1 aromatic heterocycles. The molecule has 1 unspecified atom stereocenters. The monoisotopic (exact) mass is 330 g/mol. The maximum atomic E-state index is 13.6. The summed E-state index contributed by atoms with van der Waals surface area (Å²) >= 11 is 3.34. The van der Waals surface area contributed by atoms with Gasteiger partial charge in [-0.1, -0.05) is 6.07 Å². The zero-order valence-electron chi connectivity index (χ0n) is 10.2. The van der Waals surface area contributed by atoms with Gasteiger partial charge >= 0.3 is 0 Å². The van der Waals surface area contributed by atoms with E-state index in [0.717, 1.165) is 10.2 Å². The number of nitrogens with two attached hydrogens (primary N) is 1. The molecule has 0 bridgehead atoms. The molecular weight excluding hydrogens is 318 g/mol. The molecule has 0 fully saturated rings. The van der Waals surface area contributed by atoms with E-state index in [1.54, 1.807) is 17.9 Å². The van der Waals surface area contributed by atoms with Gasteiger partial charge < -0.3 is 0 Å². The summed E-state index contributed by atoms with van der Waals surface area (Å²) in [7, 11) is 1.74. The van der Waals surface area contributed by atoms with E-state index in [4.69, 9.17) is 5.84 Å². The molecule has 1 heterocycles. The molecule has 0 amide bonds. The number of hydrogen-bond acceptors (Lipinski definition) is 3. The number of nitrogens with one attached hydrogen (secondary N) is 1. The van der Waals surface area contributed by atoms with E-state index in [2.05, 4.69) is 26.5 Å². The number of rotatable bonds is 4. The average molecular weight is 331 g/mol. The van der Waals surface area contributed by atoms with Crippen molar-refractivity contribution >= 4 is 15.9 Å². The summed E-state index contributed by atoms with van der Waals surface area (Å²) in [5, 5.41) is 4.06. The van der Waals surface area contributed by atoms with Crippen molar-refractivity contribution < 1.29 is 8.78 Å². The lowest BCUT2D eigenvalue weighted by Gasteiger charge is -2.17. The SMILES string of the molecule is Cn1ncc(Br)c1C(Cc1c(F)cccc1F)NN.